The van der Waals surface area contributed by atoms with E-state index in [4.69, 9.17) is 9.15 Å². The first kappa shape index (κ1) is 13.9. The second-order valence-corrected chi connectivity index (χ2v) is 6.09. The van der Waals surface area contributed by atoms with Gasteiger partial charge >= 0.3 is 5.89 Å². The topological polar surface area (TPSA) is 29.5 Å². The van der Waals surface area contributed by atoms with Crippen molar-refractivity contribution in [2.45, 2.75) is 13.8 Å². The number of rotatable bonds is 1. The van der Waals surface area contributed by atoms with Gasteiger partial charge in [-0.25, -0.2) is 0 Å². The number of nitrogens with zero attached hydrogens (tertiary/aromatic N) is 2. The number of aryl methyl sites for hydroxylation is 3. The summed E-state index contributed by atoms with van der Waals surface area (Å²) in [5.74, 6) is 2.40. The molecular weight excluding hydrogens is 288 g/mol. The first-order valence-electron chi connectivity index (χ1n) is 7.66. The van der Waals surface area contributed by atoms with Crippen LogP contribution in [0.2, 0.25) is 0 Å². The minimum Gasteiger partial charge on any atom is -0.438 e. The van der Waals surface area contributed by atoms with Gasteiger partial charge in [-0.3, -0.25) is 0 Å². The molecule has 0 amide bonds. The summed E-state index contributed by atoms with van der Waals surface area (Å²) in [5.41, 5.74) is 5.45. The Morgan fingerprint density at radius 3 is 2.61 bits per heavy atom. The van der Waals surface area contributed by atoms with Crippen molar-refractivity contribution >= 4 is 22.9 Å². The molecule has 1 aliphatic rings. The Labute approximate surface area is 135 Å². The van der Waals surface area contributed by atoms with E-state index in [0.29, 0.717) is 0 Å². The van der Waals surface area contributed by atoms with E-state index in [1.807, 2.05) is 41.8 Å². The molecule has 1 aliphatic heterocycles. The molecule has 0 aliphatic carbocycles. The van der Waals surface area contributed by atoms with Crippen LogP contribution >= 0.6 is 0 Å². The van der Waals surface area contributed by atoms with E-state index in [-0.39, 0.29) is 0 Å². The Hall–Kier alpha value is -2.75. The summed E-state index contributed by atoms with van der Waals surface area (Å²) in [7, 11) is 4.01. The lowest BCUT2D eigenvalue weighted by atomic mass is 10.2. The molecule has 0 fully saturated rings. The molecule has 116 valence electrons. The second-order valence-electron chi connectivity index (χ2n) is 6.09. The maximum atomic E-state index is 5.97. The van der Waals surface area contributed by atoms with Crippen LogP contribution in [-0.2, 0) is 7.05 Å². The maximum absolute atomic E-state index is 5.97. The van der Waals surface area contributed by atoms with Crippen molar-refractivity contribution < 1.29 is 13.7 Å². The number of oxazole rings is 1. The maximum Gasteiger partial charge on any atom is 0.379 e. The minimum absolute atomic E-state index is 0.761. The lowest BCUT2D eigenvalue weighted by molar-refractivity contribution is -0.652. The zero-order valence-electron chi connectivity index (χ0n) is 13.8. The molecule has 3 aromatic rings. The molecule has 1 aromatic heterocycles. The zero-order valence-corrected chi connectivity index (χ0v) is 13.8. The lowest BCUT2D eigenvalue weighted by Gasteiger charge is -2.09. The third-order valence-corrected chi connectivity index (χ3v) is 4.29. The monoisotopic (exact) mass is 307 g/mol. The minimum atomic E-state index is 0.761. The molecule has 4 nitrogen and oxygen atoms in total. The van der Waals surface area contributed by atoms with Crippen LogP contribution in [0.3, 0.4) is 0 Å². The molecule has 23 heavy (non-hydrogen) atoms. The van der Waals surface area contributed by atoms with Crippen LogP contribution in [0.5, 0.6) is 5.75 Å². The van der Waals surface area contributed by atoms with Gasteiger partial charge in [0.15, 0.2) is 5.75 Å². The van der Waals surface area contributed by atoms with Gasteiger partial charge in [-0.2, -0.15) is 4.57 Å². The fourth-order valence-corrected chi connectivity index (χ4v) is 2.91. The summed E-state index contributed by atoms with van der Waals surface area (Å²) in [5, 5.41) is 0. The highest BCUT2D eigenvalue weighted by Crippen LogP contribution is 2.38. The Morgan fingerprint density at radius 2 is 1.78 bits per heavy atom. The highest BCUT2D eigenvalue weighted by molar-refractivity contribution is 5.73. The summed E-state index contributed by atoms with van der Waals surface area (Å²) >= 11 is 0. The fourth-order valence-electron chi connectivity index (χ4n) is 2.91. The molecule has 0 saturated heterocycles. The molecule has 0 bridgehead atoms. The van der Waals surface area contributed by atoms with Gasteiger partial charge < -0.3 is 14.1 Å². The van der Waals surface area contributed by atoms with Gasteiger partial charge in [-0.15, -0.1) is 0 Å². The molecule has 4 rings (SSSR count). The molecule has 2 aromatic carbocycles. The second kappa shape index (κ2) is 4.88. The Kier molecular flexibility index (Phi) is 2.94. The van der Waals surface area contributed by atoms with Crippen LogP contribution < -0.4 is 14.2 Å². The van der Waals surface area contributed by atoms with Crippen LogP contribution in [-0.4, -0.2) is 7.05 Å². The quantitative estimate of drug-likeness (QED) is 0.642. The van der Waals surface area contributed by atoms with E-state index in [2.05, 4.69) is 38.1 Å². The van der Waals surface area contributed by atoms with Crippen LogP contribution in [0.25, 0.3) is 17.2 Å². The zero-order chi connectivity index (χ0) is 16.1. The molecule has 0 saturated carbocycles. The molecular formula is C19H19N2O2+. The Balaban J connectivity index is 1.79. The van der Waals surface area contributed by atoms with Crippen molar-refractivity contribution in [2.24, 2.45) is 7.05 Å². The van der Waals surface area contributed by atoms with Gasteiger partial charge in [0.05, 0.1) is 5.69 Å². The van der Waals surface area contributed by atoms with E-state index in [9.17, 15) is 0 Å². The molecule has 0 atom stereocenters. The van der Waals surface area contributed by atoms with Crippen molar-refractivity contribution in [1.29, 1.82) is 0 Å². The standard InChI is InChI=1S/C19H19N2O2/c1-12-5-7-16-14(9-12)20(3)18(22-16)11-19-21(4)15-10-13(2)6-8-17(15)23-19/h5-11H,1-4H3/q+1. The molecule has 0 N–H and O–H groups in total. The molecule has 2 heterocycles. The first-order chi connectivity index (χ1) is 11.0. The summed E-state index contributed by atoms with van der Waals surface area (Å²) in [6.07, 6.45) is 1.94. The number of ether oxygens (including phenoxy) is 1. The van der Waals surface area contributed by atoms with Crippen LogP contribution in [0.4, 0.5) is 5.69 Å². The van der Waals surface area contributed by atoms with Gasteiger partial charge in [0.1, 0.15) is 13.1 Å². The third kappa shape index (κ3) is 2.18. The van der Waals surface area contributed by atoms with Crippen molar-refractivity contribution in [1.82, 2.24) is 0 Å². The highest BCUT2D eigenvalue weighted by atomic mass is 16.5. The molecule has 4 heteroatoms. The SMILES string of the molecule is Cc1ccc2c(c1)N(C)/C(=C\c1oc3ccc(C)cc3[n+]1C)O2. The number of fused-ring (bicyclic) bond motifs is 2. The Bertz CT molecular complexity index is 953. The average molecular weight is 307 g/mol. The van der Waals surface area contributed by atoms with Crippen molar-refractivity contribution in [3.8, 4) is 5.75 Å². The number of anilines is 1. The van der Waals surface area contributed by atoms with Gasteiger partial charge in [0.2, 0.25) is 11.5 Å². The van der Waals surface area contributed by atoms with E-state index in [0.717, 1.165) is 34.3 Å². The van der Waals surface area contributed by atoms with Crippen molar-refractivity contribution in [2.75, 3.05) is 11.9 Å². The first-order valence-corrected chi connectivity index (χ1v) is 7.66. The summed E-state index contributed by atoms with van der Waals surface area (Å²) in [6, 6.07) is 12.4. The predicted octanol–water partition coefficient (Wildman–Crippen LogP) is 3.70. The van der Waals surface area contributed by atoms with E-state index in [1.165, 1.54) is 11.1 Å². The number of aromatic nitrogens is 1. The van der Waals surface area contributed by atoms with Gasteiger partial charge in [0.25, 0.3) is 5.52 Å². The van der Waals surface area contributed by atoms with Gasteiger partial charge in [0, 0.05) is 13.1 Å². The van der Waals surface area contributed by atoms with Gasteiger partial charge in [-0.05, 0) is 43.2 Å². The normalized spacial score (nSPS) is 15.3. The number of hydrogen-bond acceptors (Lipinski definition) is 3. The summed E-state index contributed by atoms with van der Waals surface area (Å²) in [4.78, 5) is 2.04. The van der Waals surface area contributed by atoms with Gasteiger partial charge in [-0.1, -0.05) is 12.1 Å². The molecule has 0 radical (unpaired) electrons. The molecule has 0 unspecified atom stereocenters. The summed E-state index contributed by atoms with van der Waals surface area (Å²) in [6.45, 7) is 4.16. The van der Waals surface area contributed by atoms with Crippen molar-refractivity contribution in [3.05, 3.63) is 59.3 Å². The summed E-state index contributed by atoms with van der Waals surface area (Å²) < 4.78 is 14.0. The van der Waals surface area contributed by atoms with E-state index in [1.54, 1.807) is 0 Å². The van der Waals surface area contributed by atoms with E-state index >= 15 is 0 Å². The molecule has 0 spiro atoms. The number of hydrogen-bond donors (Lipinski definition) is 0. The predicted molar refractivity (Wildman–Crippen MR) is 90.3 cm³/mol. The lowest BCUT2D eigenvalue weighted by Crippen LogP contribution is -2.30. The average Bonchev–Trinajstić information content (AvgIpc) is 2.99. The van der Waals surface area contributed by atoms with Crippen LogP contribution in [0, 0.1) is 13.8 Å². The van der Waals surface area contributed by atoms with Crippen LogP contribution in [0.1, 0.15) is 17.0 Å². The third-order valence-electron chi connectivity index (χ3n) is 4.29. The van der Waals surface area contributed by atoms with Crippen molar-refractivity contribution in [3.63, 3.8) is 0 Å². The largest absolute Gasteiger partial charge is 0.438 e. The Morgan fingerprint density at radius 1 is 1.04 bits per heavy atom. The number of benzene rings is 2. The smallest absolute Gasteiger partial charge is 0.379 e. The van der Waals surface area contributed by atoms with E-state index < -0.39 is 0 Å². The van der Waals surface area contributed by atoms with Crippen LogP contribution in [0.15, 0.2) is 46.7 Å². The fraction of sp³-hybridized carbons (Fsp3) is 0.211. The highest BCUT2D eigenvalue weighted by Gasteiger charge is 2.26.